The molecule has 0 aliphatic heterocycles. The molecule has 4 nitrogen and oxygen atoms in total. The molecule has 0 unspecified atom stereocenters. The zero-order valence-electron chi connectivity index (χ0n) is 10.3. The first-order chi connectivity index (χ1) is 8.75. The molecule has 0 aliphatic carbocycles. The third-order valence-electron chi connectivity index (χ3n) is 2.69. The van der Waals surface area contributed by atoms with Gasteiger partial charge in [0.25, 0.3) is 0 Å². The molecule has 2 aromatic heterocycles. The number of carbonyl (C=O) groups excluding carboxylic acids is 1. The van der Waals surface area contributed by atoms with E-state index < -0.39 is 0 Å². The summed E-state index contributed by atoms with van der Waals surface area (Å²) in [6.45, 7) is 1.92. The molecule has 0 aliphatic rings. The van der Waals surface area contributed by atoms with Gasteiger partial charge in [0.1, 0.15) is 5.76 Å². The smallest absolute Gasteiger partial charge is 0.220 e. The number of aryl methyl sites for hydroxylation is 1. The highest BCUT2D eigenvalue weighted by Gasteiger charge is 2.10. The van der Waals surface area contributed by atoms with Crippen LogP contribution in [0.4, 0.5) is 0 Å². The van der Waals surface area contributed by atoms with Gasteiger partial charge in [-0.3, -0.25) is 9.78 Å². The fourth-order valence-electron chi connectivity index (χ4n) is 1.71. The van der Waals surface area contributed by atoms with Gasteiger partial charge in [0.05, 0.1) is 18.0 Å². The van der Waals surface area contributed by atoms with Crippen molar-refractivity contribution in [3.05, 3.63) is 54.2 Å². The summed E-state index contributed by atoms with van der Waals surface area (Å²) in [5.41, 5.74) is 0.865. The average molecular weight is 244 g/mol. The third kappa shape index (κ3) is 3.45. The second-order valence-corrected chi connectivity index (χ2v) is 4.12. The first kappa shape index (κ1) is 12.4. The van der Waals surface area contributed by atoms with Gasteiger partial charge in [0, 0.05) is 19.0 Å². The first-order valence-corrected chi connectivity index (χ1v) is 5.98. The van der Waals surface area contributed by atoms with Crippen molar-refractivity contribution in [2.24, 2.45) is 0 Å². The minimum atomic E-state index is -0.0738. The summed E-state index contributed by atoms with van der Waals surface area (Å²) in [7, 11) is 0. The highest BCUT2D eigenvalue weighted by molar-refractivity contribution is 5.76. The molecule has 2 heterocycles. The summed E-state index contributed by atoms with van der Waals surface area (Å²) in [6, 6.07) is 9.29. The number of aromatic nitrogens is 1. The Bertz CT molecular complexity index is 480. The minimum Gasteiger partial charge on any atom is -0.469 e. The fourth-order valence-corrected chi connectivity index (χ4v) is 1.71. The van der Waals surface area contributed by atoms with Crippen LogP contribution in [0.3, 0.4) is 0 Å². The Kier molecular flexibility index (Phi) is 4.12. The van der Waals surface area contributed by atoms with Crippen LogP contribution < -0.4 is 5.32 Å². The van der Waals surface area contributed by atoms with Crippen LogP contribution in [0.2, 0.25) is 0 Å². The Balaban J connectivity index is 1.80. The quantitative estimate of drug-likeness (QED) is 0.879. The van der Waals surface area contributed by atoms with Crippen molar-refractivity contribution >= 4 is 5.91 Å². The van der Waals surface area contributed by atoms with Crippen molar-refractivity contribution < 1.29 is 9.21 Å². The molecule has 94 valence electrons. The lowest BCUT2D eigenvalue weighted by atomic mass is 10.2. The Hall–Kier alpha value is -2.10. The van der Waals surface area contributed by atoms with Crippen LogP contribution in [-0.2, 0) is 11.2 Å². The van der Waals surface area contributed by atoms with E-state index in [-0.39, 0.29) is 11.9 Å². The summed E-state index contributed by atoms with van der Waals surface area (Å²) in [5.74, 6) is 0.834. The van der Waals surface area contributed by atoms with Crippen molar-refractivity contribution in [1.82, 2.24) is 10.3 Å². The van der Waals surface area contributed by atoms with Crippen LogP contribution in [0.15, 0.2) is 47.2 Å². The van der Waals surface area contributed by atoms with Gasteiger partial charge in [-0.2, -0.15) is 0 Å². The molecule has 18 heavy (non-hydrogen) atoms. The molecule has 0 fully saturated rings. The monoisotopic (exact) mass is 244 g/mol. The number of amides is 1. The Labute approximate surface area is 106 Å². The van der Waals surface area contributed by atoms with E-state index in [0.29, 0.717) is 12.8 Å². The molecule has 1 atom stereocenters. The van der Waals surface area contributed by atoms with Gasteiger partial charge < -0.3 is 9.73 Å². The number of hydrogen-bond acceptors (Lipinski definition) is 3. The predicted molar refractivity (Wildman–Crippen MR) is 67.8 cm³/mol. The molecule has 4 heteroatoms. The maximum atomic E-state index is 11.7. The van der Waals surface area contributed by atoms with Gasteiger partial charge in [-0.15, -0.1) is 0 Å². The molecule has 2 aromatic rings. The van der Waals surface area contributed by atoms with E-state index in [1.54, 1.807) is 12.5 Å². The molecular weight excluding hydrogens is 228 g/mol. The zero-order chi connectivity index (χ0) is 12.8. The normalized spacial score (nSPS) is 12.1. The molecule has 2 rings (SSSR count). The number of rotatable bonds is 5. The van der Waals surface area contributed by atoms with Crippen LogP contribution >= 0.6 is 0 Å². The third-order valence-corrected chi connectivity index (χ3v) is 2.69. The molecule has 0 saturated heterocycles. The predicted octanol–water partition coefficient (Wildman–Crippen LogP) is 2.48. The number of hydrogen-bond donors (Lipinski definition) is 1. The molecule has 1 amide bonds. The molecular formula is C14H16N2O2. The SMILES string of the molecule is C[C@@H](NC(=O)CCc1ccco1)c1ccccn1. The highest BCUT2D eigenvalue weighted by atomic mass is 16.3. The van der Waals surface area contributed by atoms with Gasteiger partial charge in [0.2, 0.25) is 5.91 Å². The summed E-state index contributed by atoms with van der Waals surface area (Å²) in [5, 5.41) is 2.92. The van der Waals surface area contributed by atoms with Crippen LogP contribution in [-0.4, -0.2) is 10.9 Å². The topological polar surface area (TPSA) is 55.1 Å². The van der Waals surface area contributed by atoms with Crippen molar-refractivity contribution in [2.75, 3.05) is 0 Å². The standard InChI is InChI=1S/C14H16N2O2/c1-11(13-6-2-3-9-15-13)16-14(17)8-7-12-5-4-10-18-12/h2-6,9-11H,7-8H2,1H3,(H,16,17)/t11-/m1/s1. The van der Waals surface area contributed by atoms with Crippen LogP contribution in [0.25, 0.3) is 0 Å². The van der Waals surface area contributed by atoms with Crippen molar-refractivity contribution in [3.8, 4) is 0 Å². The summed E-state index contributed by atoms with van der Waals surface area (Å²) in [4.78, 5) is 15.9. The summed E-state index contributed by atoms with van der Waals surface area (Å²) < 4.78 is 5.18. The van der Waals surface area contributed by atoms with Crippen molar-refractivity contribution in [1.29, 1.82) is 0 Å². The van der Waals surface area contributed by atoms with Crippen molar-refractivity contribution in [3.63, 3.8) is 0 Å². The van der Waals surface area contributed by atoms with Gasteiger partial charge in [-0.1, -0.05) is 6.07 Å². The van der Waals surface area contributed by atoms with Crippen molar-refractivity contribution in [2.45, 2.75) is 25.8 Å². The Morgan fingerprint density at radius 3 is 2.94 bits per heavy atom. The highest BCUT2D eigenvalue weighted by Crippen LogP contribution is 2.09. The Morgan fingerprint density at radius 1 is 1.39 bits per heavy atom. The van der Waals surface area contributed by atoms with E-state index in [9.17, 15) is 4.79 Å². The first-order valence-electron chi connectivity index (χ1n) is 5.98. The maximum absolute atomic E-state index is 11.7. The molecule has 0 bridgehead atoms. The fraction of sp³-hybridized carbons (Fsp3) is 0.286. The molecule has 0 saturated carbocycles. The lowest BCUT2D eigenvalue weighted by molar-refractivity contribution is -0.121. The van der Waals surface area contributed by atoms with E-state index in [1.165, 1.54) is 0 Å². The van der Waals surface area contributed by atoms with E-state index in [0.717, 1.165) is 11.5 Å². The lowest BCUT2D eigenvalue weighted by Gasteiger charge is -2.12. The van der Waals surface area contributed by atoms with E-state index in [4.69, 9.17) is 4.42 Å². The maximum Gasteiger partial charge on any atom is 0.220 e. The zero-order valence-corrected chi connectivity index (χ0v) is 10.3. The van der Waals surface area contributed by atoms with E-state index >= 15 is 0 Å². The Morgan fingerprint density at radius 2 is 2.28 bits per heavy atom. The second-order valence-electron chi connectivity index (χ2n) is 4.12. The van der Waals surface area contributed by atoms with Crippen LogP contribution in [0.1, 0.15) is 30.8 Å². The average Bonchev–Trinajstić information content (AvgIpc) is 2.90. The minimum absolute atomic E-state index is 0.00422. The molecule has 0 radical (unpaired) electrons. The lowest BCUT2D eigenvalue weighted by Crippen LogP contribution is -2.27. The van der Waals surface area contributed by atoms with Crippen LogP contribution in [0, 0.1) is 0 Å². The number of nitrogens with one attached hydrogen (secondary N) is 1. The van der Waals surface area contributed by atoms with Gasteiger partial charge >= 0.3 is 0 Å². The largest absolute Gasteiger partial charge is 0.469 e. The number of furan rings is 1. The molecule has 1 N–H and O–H groups in total. The van der Waals surface area contributed by atoms with E-state index in [2.05, 4.69) is 10.3 Å². The summed E-state index contributed by atoms with van der Waals surface area (Å²) >= 11 is 0. The van der Waals surface area contributed by atoms with Gasteiger partial charge in [-0.25, -0.2) is 0 Å². The second kappa shape index (κ2) is 6.00. The molecule has 0 aromatic carbocycles. The van der Waals surface area contributed by atoms with Gasteiger partial charge in [0.15, 0.2) is 0 Å². The molecule has 0 spiro atoms. The number of carbonyl (C=O) groups is 1. The summed E-state index contributed by atoms with van der Waals surface area (Å²) in [6.07, 6.45) is 4.38. The number of pyridine rings is 1. The number of nitrogens with zero attached hydrogens (tertiary/aromatic N) is 1. The van der Waals surface area contributed by atoms with Crippen LogP contribution in [0.5, 0.6) is 0 Å². The van der Waals surface area contributed by atoms with E-state index in [1.807, 2.05) is 37.3 Å². The van der Waals surface area contributed by atoms with Gasteiger partial charge in [-0.05, 0) is 31.2 Å².